The van der Waals surface area contributed by atoms with Crippen LogP contribution in [0.3, 0.4) is 0 Å². The molecule has 5 nitrogen and oxygen atoms in total. The number of rotatable bonds is 8. The molecule has 180 valence electrons. The highest BCUT2D eigenvalue weighted by Crippen LogP contribution is 2.18. The van der Waals surface area contributed by atoms with Gasteiger partial charge in [-0.05, 0) is 35.7 Å². The van der Waals surface area contributed by atoms with Gasteiger partial charge in [-0.3, -0.25) is 9.69 Å². The SMILES string of the molecule is O=c1c2ccccc2c(Cc2ccc(Cl)cc2)nn1CCCN1CCN(Cc2ccccc2)CC1. The molecular weight excluding hydrogens is 456 g/mol. The summed E-state index contributed by atoms with van der Waals surface area (Å²) in [4.78, 5) is 18.2. The Hall–Kier alpha value is -2.99. The van der Waals surface area contributed by atoms with Crippen LogP contribution in [-0.4, -0.2) is 52.3 Å². The van der Waals surface area contributed by atoms with Crippen molar-refractivity contribution in [3.8, 4) is 0 Å². The van der Waals surface area contributed by atoms with Gasteiger partial charge in [0.25, 0.3) is 5.56 Å². The fraction of sp³-hybridized carbons (Fsp3) is 0.310. The fourth-order valence-electron chi connectivity index (χ4n) is 4.84. The summed E-state index contributed by atoms with van der Waals surface area (Å²) in [5, 5.41) is 7.19. The highest BCUT2D eigenvalue weighted by molar-refractivity contribution is 6.30. The van der Waals surface area contributed by atoms with Gasteiger partial charge in [0.1, 0.15) is 0 Å². The van der Waals surface area contributed by atoms with Gasteiger partial charge in [-0.2, -0.15) is 5.10 Å². The van der Waals surface area contributed by atoms with E-state index in [0.29, 0.717) is 13.0 Å². The predicted molar refractivity (Wildman–Crippen MR) is 143 cm³/mol. The molecule has 0 spiro atoms. The Balaban J connectivity index is 1.21. The van der Waals surface area contributed by atoms with Crippen LogP contribution in [0.2, 0.25) is 5.02 Å². The monoisotopic (exact) mass is 486 g/mol. The van der Waals surface area contributed by atoms with Crippen LogP contribution in [0.15, 0.2) is 83.7 Å². The van der Waals surface area contributed by atoms with E-state index in [1.54, 1.807) is 4.68 Å². The Bertz CT molecular complexity index is 1310. The van der Waals surface area contributed by atoms with E-state index in [1.165, 1.54) is 5.56 Å². The molecule has 1 aliphatic rings. The molecule has 0 aliphatic carbocycles. The molecule has 1 saturated heterocycles. The predicted octanol–water partition coefficient (Wildman–Crippen LogP) is 4.85. The number of hydrogen-bond donors (Lipinski definition) is 0. The normalized spacial score (nSPS) is 15.0. The van der Waals surface area contributed by atoms with Gasteiger partial charge in [-0.25, -0.2) is 4.68 Å². The number of piperazine rings is 1. The molecule has 0 amide bonds. The molecule has 3 aromatic carbocycles. The van der Waals surface area contributed by atoms with Crippen molar-refractivity contribution in [1.29, 1.82) is 0 Å². The second-order valence-corrected chi connectivity index (χ2v) is 9.72. The molecule has 0 saturated carbocycles. The first-order valence-corrected chi connectivity index (χ1v) is 12.8. The van der Waals surface area contributed by atoms with Crippen molar-refractivity contribution in [2.24, 2.45) is 0 Å². The van der Waals surface area contributed by atoms with Crippen molar-refractivity contribution in [3.63, 3.8) is 0 Å². The lowest BCUT2D eigenvalue weighted by Gasteiger charge is -2.34. The maximum Gasteiger partial charge on any atom is 0.274 e. The Morgan fingerprint density at radius 3 is 2.11 bits per heavy atom. The summed E-state index contributed by atoms with van der Waals surface area (Å²) >= 11 is 6.05. The number of hydrogen-bond acceptors (Lipinski definition) is 4. The molecule has 35 heavy (non-hydrogen) atoms. The molecule has 4 aromatic rings. The first-order valence-electron chi connectivity index (χ1n) is 12.4. The van der Waals surface area contributed by atoms with Gasteiger partial charge in [0.2, 0.25) is 0 Å². The summed E-state index contributed by atoms with van der Waals surface area (Å²) in [5.74, 6) is 0. The zero-order chi connectivity index (χ0) is 24.0. The molecule has 1 aliphatic heterocycles. The first kappa shape index (κ1) is 23.7. The van der Waals surface area contributed by atoms with Crippen LogP contribution in [-0.2, 0) is 19.5 Å². The molecule has 0 atom stereocenters. The molecular formula is C29H31ClN4O. The van der Waals surface area contributed by atoms with E-state index in [0.717, 1.165) is 72.7 Å². The maximum absolute atomic E-state index is 13.1. The third kappa shape index (κ3) is 5.99. The molecule has 1 fully saturated rings. The van der Waals surface area contributed by atoms with E-state index in [2.05, 4.69) is 40.1 Å². The first-order chi connectivity index (χ1) is 17.2. The highest BCUT2D eigenvalue weighted by Gasteiger charge is 2.17. The van der Waals surface area contributed by atoms with E-state index >= 15 is 0 Å². The summed E-state index contributed by atoms with van der Waals surface area (Å²) in [5.41, 5.74) is 3.42. The van der Waals surface area contributed by atoms with E-state index in [9.17, 15) is 4.79 Å². The van der Waals surface area contributed by atoms with Crippen molar-refractivity contribution < 1.29 is 0 Å². The summed E-state index contributed by atoms with van der Waals surface area (Å²) in [6.07, 6.45) is 1.58. The molecule has 0 bridgehead atoms. The number of nitrogens with zero attached hydrogens (tertiary/aromatic N) is 4. The lowest BCUT2D eigenvalue weighted by molar-refractivity contribution is 0.124. The summed E-state index contributed by atoms with van der Waals surface area (Å²) in [6.45, 7) is 6.90. The number of fused-ring (bicyclic) bond motifs is 1. The smallest absolute Gasteiger partial charge is 0.274 e. The molecule has 6 heteroatoms. The van der Waals surface area contributed by atoms with Crippen LogP contribution in [0.4, 0.5) is 0 Å². The van der Waals surface area contributed by atoms with Gasteiger partial charge in [0.05, 0.1) is 11.1 Å². The van der Waals surface area contributed by atoms with Gasteiger partial charge in [0, 0.05) is 62.6 Å². The molecule has 0 N–H and O–H groups in total. The fourth-order valence-corrected chi connectivity index (χ4v) is 4.97. The van der Waals surface area contributed by atoms with E-state index in [-0.39, 0.29) is 5.56 Å². The van der Waals surface area contributed by atoms with Gasteiger partial charge in [-0.1, -0.05) is 72.3 Å². The molecule has 1 aromatic heterocycles. The van der Waals surface area contributed by atoms with E-state index < -0.39 is 0 Å². The maximum atomic E-state index is 13.1. The molecule has 5 rings (SSSR count). The van der Waals surface area contributed by atoms with Crippen LogP contribution in [0.5, 0.6) is 0 Å². The van der Waals surface area contributed by atoms with E-state index in [1.807, 2.05) is 48.5 Å². The topological polar surface area (TPSA) is 41.4 Å². The highest BCUT2D eigenvalue weighted by atomic mass is 35.5. The Kier molecular flexibility index (Phi) is 7.57. The lowest BCUT2D eigenvalue weighted by Crippen LogP contribution is -2.46. The van der Waals surface area contributed by atoms with Crippen LogP contribution in [0.25, 0.3) is 10.8 Å². The van der Waals surface area contributed by atoms with Gasteiger partial charge in [0.15, 0.2) is 0 Å². The zero-order valence-corrected chi connectivity index (χ0v) is 20.7. The van der Waals surface area contributed by atoms with Crippen molar-refractivity contribution in [1.82, 2.24) is 19.6 Å². The molecule has 0 unspecified atom stereocenters. The van der Waals surface area contributed by atoms with Crippen molar-refractivity contribution in [3.05, 3.63) is 111 Å². The second-order valence-electron chi connectivity index (χ2n) is 9.28. The minimum absolute atomic E-state index is 0.00636. The molecule has 0 radical (unpaired) electrons. The average Bonchev–Trinajstić information content (AvgIpc) is 2.89. The molecule has 2 heterocycles. The second kappa shape index (κ2) is 11.2. The Morgan fingerprint density at radius 2 is 1.37 bits per heavy atom. The minimum atomic E-state index is -0.00636. The summed E-state index contributed by atoms with van der Waals surface area (Å²) in [7, 11) is 0. The third-order valence-electron chi connectivity index (χ3n) is 6.79. The Labute approximate surface area is 211 Å². The minimum Gasteiger partial charge on any atom is -0.301 e. The summed E-state index contributed by atoms with van der Waals surface area (Å²) < 4.78 is 1.67. The zero-order valence-electron chi connectivity index (χ0n) is 19.9. The van der Waals surface area contributed by atoms with Crippen LogP contribution in [0, 0.1) is 0 Å². The largest absolute Gasteiger partial charge is 0.301 e. The number of aromatic nitrogens is 2. The van der Waals surface area contributed by atoms with Crippen molar-refractivity contribution >= 4 is 22.4 Å². The van der Waals surface area contributed by atoms with Gasteiger partial charge < -0.3 is 4.90 Å². The summed E-state index contributed by atoms with van der Waals surface area (Å²) in [6, 6.07) is 26.3. The number of halogens is 1. The van der Waals surface area contributed by atoms with Crippen molar-refractivity contribution in [2.75, 3.05) is 32.7 Å². The van der Waals surface area contributed by atoms with Gasteiger partial charge in [-0.15, -0.1) is 0 Å². The van der Waals surface area contributed by atoms with Crippen LogP contribution >= 0.6 is 11.6 Å². The third-order valence-corrected chi connectivity index (χ3v) is 7.04. The standard InChI is InChI=1S/C29H31ClN4O/c30-25-13-11-23(12-14-25)21-28-26-9-4-5-10-27(26)29(35)34(31-28)16-6-15-32-17-19-33(20-18-32)22-24-7-2-1-3-8-24/h1-5,7-14H,6,15-22H2. The van der Waals surface area contributed by atoms with Crippen molar-refractivity contribution in [2.45, 2.75) is 25.9 Å². The quantitative estimate of drug-likeness (QED) is 0.357. The number of aryl methyl sites for hydroxylation is 1. The average molecular weight is 487 g/mol. The Morgan fingerprint density at radius 1 is 0.714 bits per heavy atom. The van der Waals surface area contributed by atoms with Crippen LogP contribution < -0.4 is 5.56 Å². The van der Waals surface area contributed by atoms with E-state index in [4.69, 9.17) is 16.7 Å². The lowest BCUT2D eigenvalue weighted by atomic mass is 10.0. The number of benzene rings is 3. The van der Waals surface area contributed by atoms with Crippen LogP contribution in [0.1, 0.15) is 23.2 Å². The van der Waals surface area contributed by atoms with Gasteiger partial charge >= 0.3 is 0 Å².